The molecule has 6 nitrogen and oxygen atoms in total. The number of carbonyl (C=O) groups excluding carboxylic acids is 2. The molecule has 0 atom stereocenters. The summed E-state index contributed by atoms with van der Waals surface area (Å²) >= 11 is 0. The number of hydrogen-bond donors (Lipinski definition) is 2. The largest absolute Gasteiger partial charge is 0.340 e. The van der Waals surface area contributed by atoms with E-state index in [1.165, 1.54) is 13.3 Å². The monoisotopic (exact) mass is 346 g/mol. The highest BCUT2D eigenvalue weighted by molar-refractivity contribution is 6.03. The summed E-state index contributed by atoms with van der Waals surface area (Å²) in [7, 11) is 0. The molecule has 0 aliphatic heterocycles. The Morgan fingerprint density at radius 3 is 2.38 bits per heavy atom. The van der Waals surface area contributed by atoms with Crippen molar-refractivity contribution >= 4 is 28.9 Å². The second-order valence-electron chi connectivity index (χ2n) is 5.87. The molecule has 0 unspecified atom stereocenters. The first-order valence-corrected chi connectivity index (χ1v) is 8.09. The number of ketones is 1. The quantitative estimate of drug-likeness (QED) is 0.683. The fraction of sp³-hybridized carbons (Fsp3) is 0.100. The number of nitrogens with one attached hydrogen (secondary N) is 2. The smallest absolute Gasteiger partial charge is 0.274 e. The fourth-order valence-electron chi connectivity index (χ4n) is 2.40. The molecule has 0 spiro atoms. The van der Waals surface area contributed by atoms with Crippen molar-refractivity contribution in [3.63, 3.8) is 0 Å². The lowest BCUT2D eigenvalue weighted by molar-refractivity contribution is 0.101. The number of Topliss-reactive ketones (excluding diaryl/α,β-unsaturated/α-hetero) is 1. The molecule has 0 aliphatic rings. The first-order chi connectivity index (χ1) is 12.5. The Morgan fingerprint density at radius 2 is 1.69 bits per heavy atom. The van der Waals surface area contributed by atoms with Crippen LogP contribution in [0.5, 0.6) is 0 Å². The average Bonchev–Trinajstić information content (AvgIpc) is 2.62. The van der Waals surface area contributed by atoms with Gasteiger partial charge in [0.25, 0.3) is 5.91 Å². The third kappa shape index (κ3) is 4.30. The number of anilines is 3. The predicted octanol–water partition coefficient (Wildman–Crippen LogP) is 3.98. The number of aromatic nitrogens is 2. The molecular formula is C20H18N4O2. The van der Waals surface area contributed by atoms with Crippen LogP contribution in [0, 0.1) is 6.92 Å². The summed E-state index contributed by atoms with van der Waals surface area (Å²) in [6.45, 7) is 3.50. The van der Waals surface area contributed by atoms with Gasteiger partial charge in [0.2, 0.25) is 0 Å². The van der Waals surface area contributed by atoms with Gasteiger partial charge in [-0.15, -0.1) is 0 Å². The van der Waals surface area contributed by atoms with Crippen molar-refractivity contribution in [1.82, 2.24) is 9.97 Å². The summed E-state index contributed by atoms with van der Waals surface area (Å²) in [5.74, 6) is 0.156. The minimum absolute atomic E-state index is 0.0226. The molecule has 26 heavy (non-hydrogen) atoms. The molecule has 130 valence electrons. The van der Waals surface area contributed by atoms with Gasteiger partial charge in [0.05, 0.1) is 0 Å². The van der Waals surface area contributed by atoms with Crippen molar-refractivity contribution in [2.24, 2.45) is 0 Å². The van der Waals surface area contributed by atoms with E-state index >= 15 is 0 Å². The van der Waals surface area contributed by atoms with Crippen LogP contribution < -0.4 is 10.6 Å². The van der Waals surface area contributed by atoms with Crippen LogP contribution in [0.2, 0.25) is 0 Å². The summed E-state index contributed by atoms with van der Waals surface area (Å²) in [5.41, 5.74) is 3.43. The molecule has 2 aromatic carbocycles. The van der Waals surface area contributed by atoms with Gasteiger partial charge in [0.1, 0.15) is 17.8 Å². The lowest BCUT2D eigenvalue weighted by Gasteiger charge is -2.08. The van der Waals surface area contributed by atoms with Gasteiger partial charge in [-0.05, 0) is 55.8 Å². The highest BCUT2D eigenvalue weighted by Gasteiger charge is 2.10. The molecule has 0 bridgehead atoms. The standard InChI is InChI=1S/C20H18N4O2/c1-13-4-3-5-17(10-13)23-19-11-18(21-12-22-19)20(26)24-16-8-6-15(7-9-16)14(2)25/h3-12H,1-2H3,(H,24,26)(H,21,22,23). The molecule has 6 heteroatoms. The zero-order valence-corrected chi connectivity index (χ0v) is 14.5. The SMILES string of the molecule is CC(=O)c1ccc(NC(=O)c2cc(Nc3cccc(C)c3)ncn2)cc1. The van der Waals surface area contributed by atoms with Crippen molar-refractivity contribution in [2.75, 3.05) is 10.6 Å². The maximum absolute atomic E-state index is 12.4. The van der Waals surface area contributed by atoms with Crippen molar-refractivity contribution in [3.8, 4) is 0 Å². The Balaban J connectivity index is 1.72. The Kier molecular flexibility index (Phi) is 5.03. The lowest BCUT2D eigenvalue weighted by atomic mass is 10.1. The Labute approximate surface area is 151 Å². The molecule has 0 saturated heterocycles. The van der Waals surface area contributed by atoms with Crippen LogP contribution in [0.4, 0.5) is 17.2 Å². The maximum atomic E-state index is 12.4. The van der Waals surface area contributed by atoms with Crippen molar-refractivity contribution < 1.29 is 9.59 Å². The predicted molar refractivity (Wildman–Crippen MR) is 101 cm³/mol. The Bertz CT molecular complexity index is 952. The molecule has 0 saturated carbocycles. The second kappa shape index (κ2) is 7.57. The number of hydrogen-bond acceptors (Lipinski definition) is 5. The molecule has 3 aromatic rings. The average molecular weight is 346 g/mol. The van der Waals surface area contributed by atoms with Gasteiger partial charge in [-0.2, -0.15) is 0 Å². The summed E-state index contributed by atoms with van der Waals surface area (Å²) in [5, 5.41) is 5.91. The topological polar surface area (TPSA) is 84.0 Å². The van der Waals surface area contributed by atoms with E-state index in [1.807, 2.05) is 31.2 Å². The molecule has 0 aliphatic carbocycles. The van der Waals surface area contributed by atoms with Gasteiger partial charge in [0, 0.05) is 23.0 Å². The van der Waals surface area contributed by atoms with Crippen LogP contribution in [-0.2, 0) is 0 Å². The molecular weight excluding hydrogens is 328 g/mol. The third-order valence-electron chi connectivity index (χ3n) is 3.74. The van der Waals surface area contributed by atoms with Crippen molar-refractivity contribution in [2.45, 2.75) is 13.8 Å². The number of nitrogens with zero attached hydrogens (tertiary/aromatic N) is 2. The summed E-state index contributed by atoms with van der Waals surface area (Å²) in [6, 6.07) is 16.1. The second-order valence-corrected chi connectivity index (χ2v) is 5.87. The van der Waals surface area contributed by atoms with Gasteiger partial charge in [-0.1, -0.05) is 12.1 Å². The van der Waals surface area contributed by atoms with E-state index in [2.05, 4.69) is 20.6 Å². The van der Waals surface area contributed by atoms with Crippen LogP contribution in [0.1, 0.15) is 33.3 Å². The van der Waals surface area contributed by atoms with E-state index in [9.17, 15) is 9.59 Å². The minimum Gasteiger partial charge on any atom is -0.340 e. The zero-order valence-electron chi connectivity index (χ0n) is 14.5. The van der Waals surface area contributed by atoms with Gasteiger partial charge in [0.15, 0.2) is 5.78 Å². The van der Waals surface area contributed by atoms with E-state index in [4.69, 9.17) is 0 Å². The van der Waals surface area contributed by atoms with Crippen LogP contribution in [0.25, 0.3) is 0 Å². The molecule has 1 amide bonds. The summed E-state index contributed by atoms with van der Waals surface area (Å²) in [4.78, 5) is 31.9. The number of amides is 1. The first-order valence-electron chi connectivity index (χ1n) is 8.09. The minimum atomic E-state index is -0.352. The molecule has 2 N–H and O–H groups in total. The molecule has 1 aromatic heterocycles. The molecule has 1 heterocycles. The first kappa shape index (κ1) is 17.3. The van der Waals surface area contributed by atoms with E-state index < -0.39 is 0 Å². The van der Waals surface area contributed by atoms with Crippen LogP contribution in [0.3, 0.4) is 0 Å². The van der Waals surface area contributed by atoms with Crippen molar-refractivity contribution in [1.29, 1.82) is 0 Å². The highest BCUT2D eigenvalue weighted by Crippen LogP contribution is 2.17. The molecule has 0 radical (unpaired) electrons. The zero-order chi connectivity index (χ0) is 18.5. The molecule has 3 rings (SSSR count). The molecule has 0 fully saturated rings. The van der Waals surface area contributed by atoms with Crippen LogP contribution in [-0.4, -0.2) is 21.7 Å². The van der Waals surface area contributed by atoms with Gasteiger partial charge in [-0.25, -0.2) is 9.97 Å². The number of aryl methyl sites for hydroxylation is 1. The maximum Gasteiger partial charge on any atom is 0.274 e. The summed E-state index contributed by atoms with van der Waals surface area (Å²) in [6.07, 6.45) is 1.34. The van der Waals surface area contributed by atoms with Crippen LogP contribution >= 0.6 is 0 Å². The normalized spacial score (nSPS) is 10.2. The third-order valence-corrected chi connectivity index (χ3v) is 3.74. The van der Waals surface area contributed by atoms with E-state index in [1.54, 1.807) is 30.3 Å². The van der Waals surface area contributed by atoms with E-state index in [-0.39, 0.29) is 17.4 Å². The lowest BCUT2D eigenvalue weighted by Crippen LogP contribution is -2.14. The van der Waals surface area contributed by atoms with Crippen molar-refractivity contribution in [3.05, 3.63) is 77.7 Å². The Morgan fingerprint density at radius 1 is 0.923 bits per heavy atom. The van der Waals surface area contributed by atoms with Gasteiger partial charge in [-0.3, -0.25) is 9.59 Å². The highest BCUT2D eigenvalue weighted by atomic mass is 16.2. The van der Waals surface area contributed by atoms with E-state index in [0.717, 1.165) is 11.3 Å². The van der Waals surface area contributed by atoms with Gasteiger partial charge >= 0.3 is 0 Å². The number of benzene rings is 2. The van der Waals surface area contributed by atoms with Crippen LogP contribution in [0.15, 0.2) is 60.9 Å². The Hall–Kier alpha value is -3.54. The summed E-state index contributed by atoms with van der Waals surface area (Å²) < 4.78 is 0. The number of rotatable bonds is 5. The number of carbonyl (C=O) groups is 2. The van der Waals surface area contributed by atoms with Gasteiger partial charge < -0.3 is 10.6 Å². The fourth-order valence-corrected chi connectivity index (χ4v) is 2.40. The van der Waals surface area contributed by atoms with E-state index in [0.29, 0.717) is 17.1 Å².